The van der Waals surface area contributed by atoms with E-state index in [2.05, 4.69) is 10.2 Å². The molecule has 1 saturated heterocycles. The highest BCUT2D eigenvalue weighted by atomic mass is 35.5. The van der Waals surface area contributed by atoms with E-state index in [1.54, 1.807) is 0 Å². The lowest BCUT2D eigenvalue weighted by Crippen LogP contribution is -2.40. The molecule has 4 nitrogen and oxygen atoms in total. The Morgan fingerprint density at radius 2 is 1.85 bits per heavy atom. The van der Waals surface area contributed by atoms with Gasteiger partial charge in [0.05, 0.1) is 4.88 Å². The molecular formula is C19H22ClFN2O2S. The molecule has 0 spiro atoms. The van der Waals surface area contributed by atoms with E-state index < -0.39 is 0 Å². The molecule has 1 aliphatic heterocycles. The second-order valence-electron chi connectivity index (χ2n) is 6.22. The molecule has 3 rings (SSSR count). The molecule has 0 atom stereocenters. The third kappa shape index (κ3) is 5.37. The molecule has 2 aromatic rings. The van der Waals surface area contributed by atoms with Crippen LogP contribution in [0.2, 0.25) is 0 Å². The smallest absolute Gasteiger partial charge is 0.251 e. The first kappa shape index (κ1) is 20.6. The first-order valence-corrected chi connectivity index (χ1v) is 9.35. The third-order valence-corrected chi connectivity index (χ3v) is 5.43. The zero-order valence-electron chi connectivity index (χ0n) is 14.3. The zero-order valence-corrected chi connectivity index (χ0v) is 16.0. The fourth-order valence-corrected chi connectivity index (χ4v) is 3.81. The number of amides is 1. The molecule has 7 heteroatoms. The number of rotatable bonds is 6. The van der Waals surface area contributed by atoms with Gasteiger partial charge in [-0.3, -0.25) is 9.59 Å². The summed E-state index contributed by atoms with van der Waals surface area (Å²) in [6.07, 6.45) is 1.73. The Morgan fingerprint density at radius 1 is 1.15 bits per heavy atom. The Morgan fingerprint density at radius 3 is 2.46 bits per heavy atom. The van der Waals surface area contributed by atoms with E-state index in [1.165, 1.54) is 35.6 Å². The number of carbonyl (C=O) groups excluding carboxylic acids is 2. The van der Waals surface area contributed by atoms with Crippen molar-refractivity contribution >= 4 is 35.4 Å². The summed E-state index contributed by atoms with van der Waals surface area (Å²) in [6.45, 7) is 3.04. The number of benzene rings is 1. The number of likely N-dealkylation sites (tertiary alicyclic amines) is 1. The molecule has 0 saturated carbocycles. The Kier molecular flexibility index (Phi) is 7.75. The number of hydrogen-bond donors (Lipinski definition) is 1. The monoisotopic (exact) mass is 396 g/mol. The topological polar surface area (TPSA) is 49.4 Å². The summed E-state index contributed by atoms with van der Waals surface area (Å²) < 4.78 is 12.9. The van der Waals surface area contributed by atoms with E-state index in [1.807, 2.05) is 17.5 Å². The average molecular weight is 397 g/mol. The Bertz CT molecular complexity index is 714. The molecule has 1 aromatic carbocycles. The van der Waals surface area contributed by atoms with E-state index in [9.17, 15) is 14.0 Å². The van der Waals surface area contributed by atoms with Gasteiger partial charge in [-0.25, -0.2) is 4.39 Å². The van der Waals surface area contributed by atoms with Crippen molar-refractivity contribution in [1.29, 1.82) is 0 Å². The van der Waals surface area contributed by atoms with Crippen molar-refractivity contribution in [2.24, 2.45) is 5.92 Å². The molecule has 1 fully saturated rings. The van der Waals surface area contributed by atoms with Crippen molar-refractivity contribution in [3.63, 3.8) is 0 Å². The molecule has 1 N–H and O–H groups in total. The number of nitrogens with zero attached hydrogens (tertiary/aromatic N) is 1. The van der Waals surface area contributed by atoms with Crippen LogP contribution in [0.5, 0.6) is 0 Å². The lowest BCUT2D eigenvalue weighted by molar-refractivity contribution is 0.0843. The van der Waals surface area contributed by atoms with Crippen LogP contribution in [0, 0.1) is 11.7 Å². The highest BCUT2D eigenvalue weighted by Gasteiger charge is 2.26. The molecule has 26 heavy (non-hydrogen) atoms. The van der Waals surface area contributed by atoms with E-state index in [0.29, 0.717) is 12.1 Å². The molecule has 140 valence electrons. The van der Waals surface area contributed by atoms with Crippen molar-refractivity contribution in [1.82, 2.24) is 10.2 Å². The van der Waals surface area contributed by atoms with Crippen LogP contribution in [-0.4, -0.2) is 42.8 Å². The predicted octanol–water partition coefficient (Wildman–Crippen LogP) is 3.63. The number of Topliss-reactive ketones (excluding diaryl/α,β-unsaturated/α-hetero) is 1. The third-order valence-electron chi connectivity index (χ3n) is 4.54. The highest BCUT2D eigenvalue weighted by molar-refractivity contribution is 7.12. The minimum Gasteiger partial charge on any atom is -0.351 e. The fraction of sp³-hybridized carbons (Fsp3) is 0.368. The van der Waals surface area contributed by atoms with Crippen molar-refractivity contribution in [3.8, 4) is 0 Å². The van der Waals surface area contributed by atoms with Gasteiger partial charge in [0.1, 0.15) is 5.82 Å². The first-order chi connectivity index (χ1) is 12.1. The van der Waals surface area contributed by atoms with E-state index >= 15 is 0 Å². The lowest BCUT2D eigenvalue weighted by atomic mass is 9.92. The van der Waals surface area contributed by atoms with Crippen LogP contribution in [0.4, 0.5) is 4.39 Å². The van der Waals surface area contributed by atoms with Gasteiger partial charge in [0.25, 0.3) is 5.91 Å². The summed E-state index contributed by atoms with van der Waals surface area (Å²) in [5, 5.41) is 4.79. The van der Waals surface area contributed by atoms with Crippen molar-refractivity contribution in [2.75, 3.05) is 26.2 Å². The molecule has 0 unspecified atom stereocenters. The molecule has 2 heterocycles. The van der Waals surface area contributed by atoms with Crippen molar-refractivity contribution in [2.45, 2.75) is 12.8 Å². The number of nitrogens with one attached hydrogen (secondary N) is 1. The van der Waals surface area contributed by atoms with Crippen LogP contribution in [0.1, 0.15) is 32.9 Å². The van der Waals surface area contributed by atoms with Crippen molar-refractivity contribution in [3.05, 3.63) is 58.0 Å². The normalized spacial score (nSPS) is 15.3. The molecule has 0 aliphatic carbocycles. The van der Waals surface area contributed by atoms with Crippen molar-refractivity contribution < 1.29 is 14.0 Å². The second kappa shape index (κ2) is 9.80. The zero-order chi connectivity index (χ0) is 17.6. The van der Waals surface area contributed by atoms with Gasteiger partial charge in [0, 0.05) is 24.6 Å². The predicted molar refractivity (Wildman–Crippen MR) is 104 cm³/mol. The van der Waals surface area contributed by atoms with Crippen LogP contribution in [0.15, 0.2) is 41.8 Å². The van der Waals surface area contributed by atoms with Gasteiger partial charge in [0.2, 0.25) is 0 Å². The van der Waals surface area contributed by atoms with Crippen LogP contribution >= 0.6 is 23.7 Å². The molecule has 1 aromatic heterocycles. The van der Waals surface area contributed by atoms with Gasteiger partial charge in [-0.05, 0) is 61.6 Å². The summed E-state index contributed by atoms with van der Waals surface area (Å²) in [5.74, 6) is -0.165. The van der Waals surface area contributed by atoms with E-state index in [4.69, 9.17) is 0 Å². The van der Waals surface area contributed by atoms with Gasteiger partial charge in [-0.1, -0.05) is 6.07 Å². The lowest BCUT2D eigenvalue weighted by Gasteiger charge is -2.31. The number of hydrogen-bond acceptors (Lipinski definition) is 4. The maximum absolute atomic E-state index is 12.9. The highest BCUT2D eigenvalue weighted by Crippen LogP contribution is 2.23. The largest absolute Gasteiger partial charge is 0.351 e. The first-order valence-electron chi connectivity index (χ1n) is 8.47. The molecule has 1 amide bonds. The molecule has 1 aliphatic rings. The Hall–Kier alpha value is -1.76. The van der Waals surface area contributed by atoms with Crippen LogP contribution < -0.4 is 5.32 Å². The van der Waals surface area contributed by atoms with E-state index in [0.717, 1.165) is 37.4 Å². The number of carbonyl (C=O) groups is 2. The summed E-state index contributed by atoms with van der Waals surface area (Å²) in [5.41, 5.74) is 0.460. The quantitative estimate of drug-likeness (QED) is 0.758. The second-order valence-corrected chi connectivity index (χ2v) is 7.17. The Balaban J connectivity index is 0.00000243. The summed E-state index contributed by atoms with van der Waals surface area (Å²) in [7, 11) is 0. The molecule has 0 bridgehead atoms. The molecule has 0 radical (unpaired) electrons. The Labute approximate surface area is 162 Å². The van der Waals surface area contributed by atoms with Gasteiger partial charge in [0.15, 0.2) is 5.78 Å². The van der Waals surface area contributed by atoms with Gasteiger partial charge >= 0.3 is 0 Å². The number of piperidine rings is 1. The molecular weight excluding hydrogens is 375 g/mol. The van der Waals surface area contributed by atoms with Gasteiger partial charge < -0.3 is 10.2 Å². The maximum Gasteiger partial charge on any atom is 0.251 e. The van der Waals surface area contributed by atoms with Gasteiger partial charge in [-0.15, -0.1) is 23.7 Å². The SMILES string of the molecule is Cl.O=C(NCCN1CCC(C(=O)c2cccs2)CC1)c1ccc(F)cc1. The maximum atomic E-state index is 12.9. The van der Waals surface area contributed by atoms with Crippen LogP contribution in [0.25, 0.3) is 0 Å². The van der Waals surface area contributed by atoms with Crippen LogP contribution in [0.3, 0.4) is 0 Å². The average Bonchev–Trinajstić information content (AvgIpc) is 3.17. The number of thiophene rings is 1. The van der Waals surface area contributed by atoms with Gasteiger partial charge in [-0.2, -0.15) is 0 Å². The minimum absolute atomic E-state index is 0. The fourth-order valence-electron chi connectivity index (χ4n) is 3.07. The van der Waals surface area contributed by atoms with Crippen LogP contribution in [-0.2, 0) is 0 Å². The summed E-state index contributed by atoms with van der Waals surface area (Å²) >= 11 is 1.51. The number of halogens is 2. The van der Waals surface area contributed by atoms with E-state index in [-0.39, 0.29) is 35.8 Å². The summed E-state index contributed by atoms with van der Waals surface area (Å²) in [4.78, 5) is 27.5. The standard InChI is InChI=1S/C19H21FN2O2S.ClH/c20-16-5-3-15(4-6-16)19(24)21-9-12-22-10-7-14(8-11-22)18(23)17-2-1-13-25-17;/h1-6,13-14H,7-12H2,(H,21,24);1H. The minimum atomic E-state index is -0.350. The summed E-state index contributed by atoms with van der Waals surface area (Å²) in [6, 6.07) is 9.33. The number of ketones is 1.